The van der Waals surface area contributed by atoms with Crippen LogP contribution < -0.4 is 26.6 Å². The van der Waals surface area contributed by atoms with Crippen LogP contribution in [0.3, 0.4) is 0 Å². The van der Waals surface area contributed by atoms with Crippen molar-refractivity contribution in [3.8, 4) is 5.75 Å². The molecule has 2 rings (SSSR count). The van der Waals surface area contributed by atoms with Gasteiger partial charge >= 0.3 is 0 Å². The monoisotopic (exact) mass is 432 g/mol. The van der Waals surface area contributed by atoms with Crippen molar-refractivity contribution in [1.82, 2.24) is 5.43 Å². The van der Waals surface area contributed by atoms with Crippen molar-refractivity contribution < 1.29 is 23.5 Å². The van der Waals surface area contributed by atoms with Crippen molar-refractivity contribution in [2.24, 2.45) is 5.73 Å². The highest BCUT2D eigenvalue weighted by molar-refractivity contribution is 5.96. The lowest BCUT2D eigenvalue weighted by molar-refractivity contribution is -0.107. The normalized spacial score (nSPS) is 10.6. The van der Waals surface area contributed by atoms with Crippen LogP contribution in [0.4, 0.5) is 15.8 Å². The molecule has 8 nitrogen and oxygen atoms in total. The van der Waals surface area contributed by atoms with Gasteiger partial charge in [0.1, 0.15) is 23.5 Å². The van der Waals surface area contributed by atoms with E-state index in [0.717, 1.165) is 11.8 Å². The minimum absolute atomic E-state index is 0.231. The number of anilines is 2. The number of amides is 1. The number of unbranched alkanes of at least 4 members (excludes halogenated alkanes) is 1. The molecule has 0 aliphatic carbocycles. The number of primary amides is 1. The molecule has 2 aromatic rings. The molecule has 0 unspecified atom stereocenters. The number of nitrogens with two attached hydrogens (primary N) is 2. The van der Waals surface area contributed by atoms with E-state index in [1.165, 1.54) is 18.2 Å². The van der Waals surface area contributed by atoms with E-state index in [9.17, 15) is 14.0 Å². The summed E-state index contributed by atoms with van der Waals surface area (Å²) in [5.74, 6) is -0.543. The van der Waals surface area contributed by atoms with Crippen LogP contribution in [0.2, 0.25) is 0 Å². The number of hydrogen-bond acceptors (Lipinski definition) is 7. The van der Waals surface area contributed by atoms with Crippen LogP contribution in [-0.4, -0.2) is 39.1 Å². The molecule has 168 valence electrons. The summed E-state index contributed by atoms with van der Waals surface area (Å²) in [6.07, 6.45) is 2.43. The summed E-state index contributed by atoms with van der Waals surface area (Å²) in [5, 5.41) is 1.78. The lowest BCUT2D eigenvalue weighted by atomic mass is 10.1. The second-order valence-corrected chi connectivity index (χ2v) is 6.89. The van der Waals surface area contributed by atoms with Crippen molar-refractivity contribution in [2.75, 3.05) is 37.6 Å². The van der Waals surface area contributed by atoms with Crippen LogP contribution in [0.1, 0.15) is 35.2 Å². The Kier molecular flexibility index (Phi) is 9.73. The van der Waals surface area contributed by atoms with Crippen molar-refractivity contribution in [2.45, 2.75) is 25.8 Å². The average Bonchev–Trinajstić information content (AvgIpc) is 2.75. The number of nitrogens with one attached hydrogen (secondary N) is 1. The van der Waals surface area contributed by atoms with Crippen molar-refractivity contribution in [3.63, 3.8) is 0 Å². The third-order valence-electron chi connectivity index (χ3n) is 4.50. The van der Waals surface area contributed by atoms with Crippen LogP contribution in [0, 0.1) is 5.82 Å². The highest BCUT2D eigenvalue weighted by atomic mass is 19.1. The van der Waals surface area contributed by atoms with E-state index in [1.54, 1.807) is 30.3 Å². The smallest absolute Gasteiger partial charge is 0.248 e. The first-order valence-electron chi connectivity index (χ1n) is 10.0. The highest BCUT2D eigenvalue weighted by Crippen LogP contribution is 2.35. The second-order valence-electron chi connectivity index (χ2n) is 6.89. The molecule has 0 saturated carbocycles. The number of halogens is 1. The van der Waals surface area contributed by atoms with Gasteiger partial charge in [0.05, 0.1) is 12.3 Å². The minimum Gasteiger partial charge on any atom is -0.491 e. The molecule has 0 atom stereocenters. The zero-order valence-electron chi connectivity index (χ0n) is 17.6. The molecule has 0 radical (unpaired) electrons. The summed E-state index contributed by atoms with van der Waals surface area (Å²) in [6, 6.07) is 9.16. The molecule has 2 aromatic carbocycles. The molecule has 0 saturated heterocycles. The summed E-state index contributed by atoms with van der Waals surface area (Å²) in [6.45, 7) is 1.71. The molecule has 0 spiro atoms. The van der Waals surface area contributed by atoms with E-state index in [-0.39, 0.29) is 11.4 Å². The van der Waals surface area contributed by atoms with E-state index >= 15 is 0 Å². The van der Waals surface area contributed by atoms with Crippen LogP contribution in [-0.2, 0) is 16.1 Å². The van der Waals surface area contributed by atoms with Gasteiger partial charge in [0.25, 0.3) is 0 Å². The largest absolute Gasteiger partial charge is 0.491 e. The van der Waals surface area contributed by atoms with Crippen LogP contribution in [0.15, 0.2) is 36.4 Å². The molecule has 0 aliphatic heterocycles. The van der Waals surface area contributed by atoms with E-state index in [2.05, 4.69) is 5.43 Å². The third kappa shape index (κ3) is 7.54. The third-order valence-corrected chi connectivity index (χ3v) is 4.50. The fourth-order valence-electron chi connectivity index (χ4n) is 2.95. The molecule has 5 N–H and O–H groups in total. The maximum absolute atomic E-state index is 13.2. The maximum atomic E-state index is 13.2. The number of nitrogen functional groups attached to an aromatic ring is 1. The first-order chi connectivity index (χ1) is 15.0. The van der Waals surface area contributed by atoms with Gasteiger partial charge in [0.15, 0.2) is 0 Å². The number of ether oxygens (including phenoxy) is 2. The van der Waals surface area contributed by atoms with Gasteiger partial charge < -0.3 is 30.7 Å². The first kappa shape index (κ1) is 24.1. The number of methoxy groups -OCH3 is 1. The molecule has 0 aliphatic rings. The lowest BCUT2D eigenvalue weighted by Gasteiger charge is -2.29. The van der Waals surface area contributed by atoms with Gasteiger partial charge in [-0.15, -0.1) is 0 Å². The Morgan fingerprint density at radius 1 is 1.19 bits per heavy atom. The number of hydrazine groups is 1. The van der Waals surface area contributed by atoms with Gasteiger partial charge in [-0.25, -0.2) is 9.82 Å². The minimum atomic E-state index is -0.619. The predicted octanol–water partition coefficient (Wildman–Crippen LogP) is 2.41. The molecule has 31 heavy (non-hydrogen) atoms. The molecule has 0 bridgehead atoms. The summed E-state index contributed by atoms with van der Waals surface area (Å²) in [7, 11) is 1.60. The number of nitrogens with zero attached hydrogens (tertiary/aromatic N) is 1. The molecule has 0 aromatic heterocycles. The van der Waals surface area contributed by atoms with Gasteiger partial charge in [0, 0.05) is 45.2 Å². The quantitative estimate of drug-likeness (QED) is 0.181. The Morgan fingerprint density at radius 3 is 2.58 bits per heavy atom. The summed E-state index contributed by atoms with van der Waals surface area (Å²) >= 11 is 0. The Balaban J connectivity index is 2.32. The molecule has 0 fully saturated rings. The van der Waals surface area contributed by atoms with Gasteiger partial charge in [-0.1, -0.05) is 12.1 Å². The number of aldehydes is 1. The number of carbonyl (C=O) groups excluding carboxylic acids is 2. The topological polar surface area (TPSA) is 120 Å². The predicted molar refractivity (Wildman–Crippen MR) is 117 cm³/mol. The Hall–Kier alpha value is -3.17. The van der Waals surface area contributed by atoms with Crippen LogP contribution >= 0.6 is 0 Å². The Bertz CT molecular complexity index is 861. The standard InChI is InChI=1S/C22H29FN4O4/c1-30-11-4-12-31-20-14-17(22(25)29)13-19(24)21(20)27(9-2-3-10-28)26-15-16-5-7-18(23)8-6-16/h5-8,10,13-14,26H,2-4,9,11-12,15,24H2,1H3,(H2,25,29). The van der Waals surface area contributed by atoms with Crippen molar-refractivity contribution in [3.05, 3.63) is 53.3 Å². The molecule has 0 heterocycles. The summed E-state index contributed by atoms with van der Waals surface area (Å²) in [4.78, 5) is 22.5. The average molecular weight is 432 g/mol. The van der Waals surface area contributed by atoms with Gasteiger partial charge in [-0.3, -0.25) is 4.79 Å². The van der Waals surface area contributed by atoms with Crippen molar-refractivity contribution in [1.29, 1.82) is 0 Å². The fourth-order valence-corrected chi connectivity index (χ4v) is 2.95. The van der Waals surface area contributed by atoms with Crippen LogP contribution in [0.25, 0.3) is 0 Å². The zero-order valence-corrected chi connectivity index (χ0v) is 17.6. The summed E-state index contributed by atoms with van der Waals surface area (Å²) in [5.41, 5.74) is 16.9. The number of carbonyl (C=O) groups is 2. The van der Waals surface area contributed by atoms with Gasteiger partial charge in [-0.2, -0.15) is 0 Å². The molecule has 9 heteroatoms. The van der Waals surface area contributed by atoms with Crippen molar-refractivity contribution >= 4 is 23.6 Å². The fraction of sp³-hybridized carbons (Fsp3) is 0.364. The molecular weight excluding hydrogens is 403 g/mol. The zero-order chi connectivity index (χ0) is 22.6. The Morgan fingerprint density at radius 2 is 1.94 bits per heavy atom. The first-order valence-corrected chi connectivity index (χ1v) is 10.0. The number of hydrogen-bond donors (Lipinski definition) is 3. The molecule has 1 amide bonds. The molecular formula is C22H29FN4O4. The van der Waals surface area contributed by atoms with E-state index < -0.39 is 5.91 Å². The van der Waals surface area contributed by atoms with Gasteiger partial charge in [-0.05, 0) is 36.2 Å². The number of rotatable bonds is 14. The number of benzene rings is 2. The van der Waals surface area contributed by atoms with E-state index in [1.807, 2.05) is 0 Å². The van der Waals surface area contributed by atoms with E-state index in [4.69, 9.17) is 20.9 Å². The second kappa shape index (κ2) is 12.5. The SMILES string of the molecule is COCCCOc1cc(C(N)=O)cc(N)c1N(CCCC=O)NCc1ccc(F)cc1. The highest BCUT2D eigenvalue weighted by Gasteiger charge is 2.19. The van der Waals surface area contributed by atoms with Crippen LogP contribution in [0.5, 0.6) is 5.75 Å². The summed E-state index contributed by atoms with van der Waals surface area (Å²) < 4.78 is 24.1. The van der Waals surface area contributed by atoms with E-state index in [0.29, 0.717) is 62.7 Å². The lowest BCUT2D eigenvalue weighted by Crippen LogP contribution is -2.39. The Labute approximate surface area is 181 Å². The van der Waals surface area contributed by atoms with Gasteiger partial charge in [0.2, 0.25) is 5.91 Å². The maximum Gasteiger partial charge on any atom is 0.248 e.